The summed E-state index contributed by atoms with van der Waals surface area (Å²) in [7, 11) is 0. The standard InChI is InChI=1S/C35H52F3N5O6/c1-6-49-26-17-25-18-42(27(20-41(25)19-26)31(45)40-29(35(36,37)38)24-15-11-8-12-16-24)32(46)28(23-13-9-7-10-14-23)39-30(44)22(2)43(33(47)48)21-34(3,4)5/h8,11-12,15-16,22-23,25-29H,6-7,9-10,13-14,17-21H2,1-5H3,(H,39,44)(H,40,45)(H,47,48)/t22-,25+,26+,27-,28-,29?/m0/s1. The van der Waals surface area contributed by atoms with Crippen molar-refractivity contribution in [1.82, 2.24) is 25.3 Å². The van der Waals surface area contributed by atoms with Crippen LogP contribution in [-0.4, -0.2) is 113 Å². The minimum absolute atomic E-state index is 0.00525. The first-order valence-electron chi connectivity index (χ1n) is 17.4. The number of hydrogen-bond acceptors (Lipinski definition) is 6. The fourth-order valence-electron chi connectivity index (χ4n) is 7.41. The molecule has 2 saturated heterocycles. The zero-order chi connectivity index (χ0) is 36.1. The minimum Gasteiger partial charge on any atom is -0.465 e. The maximum absolute atomic E-state index is 14.7. The van der Waals surface area contributed by atoms with Crippen molar-refractivity contribution >= 4 is 23.8 Å². The Balaban J connectivity index is 1.66. The Hall–Kier alpha value is -3.39. The summed E-state index contributed by atoms with van der Waals surface area (Å²) < 4.78 is 48.9. The molecule has 11 nitrogen and oxygen atoms in total. The summed E-state index contributed by atoms with van der Waals surface area (Å²) in [5.41, 5.74) is -0.576. The van der Waals surface area contributed by atoms with E-state index in [1.165, 1.54) is 36.1 Å². The van der Waals surface area contributed by atoms with Crippen molar-refractivity contribution < 1.29 is 42.2 Å². The number of piperazine rings is 1. The molecule has 0 aromatic heterocycles. The average Bonchev–Trinajstić information content (AvgIpc) is 3.45. The third kappa shape index (κ3) is 9.87. The highest BCUT2D eigenvalue weighted by Gasteiger charge is 2.49. The first-order valence-corrected chi connectivity index (χ1v) is 17.4. The van der Waals surface area contributed by atoms with Gasteiger partial charge in [-0.25, -0.2) is 4.79 Å². The van der Waals surface area contributed by atoms with E-state index in [1.54, 1.807) is 6.07 Å². The van der Waals surface area contributed by atoms with Gasteiger partial charge in [0.2, 0.25) is 17.7 Å². The number of benzene rings is 1. The van der Waals surface area contributed by atoms with Crippen LogP contribution in [0.3, 0.4) is 0 Å². The normalized spacial score (nSPS) is 24.0. The Morgan fingerprint density at radius 1 is 1.00 bits per heavy atom. The summed E-state index contributed by atoms with van der Waals surface area (Å²) in [6, 6.07) is 1.15. The number of ether oxygens (including phenoxy) is 1. The van der Waals surface area contributed by atoms with Crippen molar-refractivity contribution in [3.8, 4) is 0 Å². The predicted molar refractivity (Wildman–Crippen MR) is 176 cm³/mol. The third-order valence-electron chi connectivity index (χ3n) is 9.84. The molecule has 274 valence electrons. The number of amides is 4. The fraction of sp³-hybridized carbons (Fsp3) is 0.714. The molecule has 49 heavy (non-hydrogen) atoms. The maximum Gasteiger partial charge on any atom is 0.412 e. The van der Waals surface area contributed by atoms with E-state index >= 15 is 0 Å². The van der Waals surface area contributed by atoms with Crippen molar-refractivity contribution in [2.75, 3.05) is 32.8 Å². The number of carbonyl (C=O) groups is 4. The molecule has 2 heterocycles. The lowest BCUT2D eigenvalue weighted by molar-refractivity contribution is -0.167. The molecule has 0 bridgehead atoms. The molecule has 3 aliphatic rings. The second kappa shape index (κ2) is 16.1. The Bertz CT molecular complexity index is 1300. The van der Waals surface area contributed by atoms with Crippen LogP contribution in [-0.2, 0) is 19.1 Å². The molecule has 1 aromatic rings. The molecule has 4 amide bonds. The molecule has 1 aliphatic carbocycles. The highest BCUT2D eigenvalue weighted by Crippen LogP contribution is 2.35. The van der Waals surface area contributed by atoms with Gasteiger partial charge in [0.05, 0.1) is 6.10 Å². The monoisotopic (exact) mass is 695 g/mol. The van der Waals surface area contributed by atoms with E-state index in [0.717, 1.165) is 24.2 Å². The lowest BCUT2D eigenvalue weighted by atomic mass is 9.82. The number of halogens is 3. The fourth-order valence-corrected chi connectivity index (χ4v) is 7.41. The topological polar surface area (TPSA) is 132 Å². The summed E-state index contributed by atoms with van der Waals surface area (Å²) in [5.74, 6) is -2.42. The summed E-state index contributed by atoms with van der Waals surface area (Å²) in [4.78, 5) is 58.9. The quantitative estimate of drug-likeness (QED) is 0.309. The molecule has 2 aliphatic heterocycles. The maximum atomic E-state index is 14.7. The van der Waals surface area contributed by atoms with Gasteiger partial charge in [-0.1, -0.05) is 70.4 Å². The Morgan fingerprint density at radius 3 is 2.22 bits per heavy atom. The van der Waals surface area contributed by atoms with E-state index in [9.17, 15) is 37.5 Å². The SMILES string of the molecule is CCO[C@@H]1C[C@@H]2CN(C(=O)[C@@H](NC(=O)[C@H](C)N(CC(C)(C)C)C(=O)O)C3CCCCC3)[C@H](C(=O)NC(c3ccccc3)C(F)(F)F)CN2C1. The third-order valence-corrected chi connectivity index (χ3v) is 9.84. The second-order valence-electron chi connectivity index (χ2n) is 14.9. The number of carboxylic acid groups (broad SMARTS) is 1. The molecular formula is C35H52F3N5O6. The van der Waals surface area contributed by atoms with Gasteiger partial charge in [-0.05, 0) is 50.0 Å². The van der Waals surface area contributed by atoms with E-state index in [0.29, 0.717) is 32.4 Å². The van der Waals surface area contributed by atoms with Gasteiger partial charge in [-0.2, -0.15) is 13.2 Å². The van der Waals surface area contributed by atoms with Crippen LogP contribution < -0.4 is 10.6 Å². The molecule has 1 saturated carbocycles. The lowest BCUT2D eigenvalue weighted by Gasteiger charge is -2.45. The largest absolute Gasteiger partial charge is 0.465 e. The molecule has 14 heteroatoms. The van der Waals surface area contributed by atoms with Gasteiger partial charge in [0.25, 0.3) is 0 Å². The van der Waals surface area contributed by atoms with Gasteiger partial charge in [0.15, 0.2) is 6.04 Å². The zero-order valence-electron chi connectivity index (χ0n) is 29.2. The number of carbonyl (C=O) groups excluding carboxylic acids is 3. The van der Waals surface area contributed by atoms with Crippen molar-refractivity contribution in [2.24, 2.45) is 11.3 Å². The smallest absolute Gasteiger partial charge is 0.412 e. The summed E-state index contributed by atoms with van der Waals surface area (Å²) in [6.45, 7) is 10.0. The second-order valence-corrected chi connectivity index (χ2v) is 14.9. The van der Waals surface area contributed by atoms with E-state index in [-0.39, 0.29) is 43.3 Å². The summed E-state index contributed by atoms with van der Waals surface area (Å²) in [6.07, 6.45) is -1.76. The van der Waals surface area contributed by atoms with Gasteiger partial charge < -0.3 is 25.4 Å². The molecular weight excluding hydrogens is 643 g/mol. The van der Waals surface area contributed by atoms with Gasteiger partial charge in [0, 0.05) is 38.8 Å². The van der Waals surface area contributed by atoms with E-state index in [2.05, 4.69) is 10.6 Å². The number of rotatable bonds is 11. The van der Waals surface area contributed by atoms with Crippen LogP contribution in [0, 0.1) is 11.3 Å². The van der Waals surface area contributed by atoms with Crippen LogP contribution in [0.25, 0.3) is 0 Å². The van der Waals surface area contributed by atoms with Crippen molar-refractivity contribution in [3.63, 3.8) is 0 Å². The molecule has 1 unspecified atom stereocenters. The highest BCUT2D eigenvalue weighted by molar-refractivity contribution is 5.94. The van der Waals surface area contributed by atoms with Crippen molar-refractivity contribution in [2.45, 2.75) is 116 Å². The van der Waals surface area contributed by atoms with E-state index in [1.807, 2.05) is 32.6 Å². The van der Waals surface area contributed by atoms with Crippen LogP contribution in [0.2, 0.25) is 0 Å². The van der Waals surface area contributed by atoms with Gasteiger partial charge in [-0.3, -0.25) is 24.2 Å². The van der Waals surface area contributed by atoms with Crippen LogP contribution in [0.1, 0.15) is 84.7 Å². The lowest BCUT2D eigenvalue weighted by Crippen LogP contribution is -2.67. The Labute approximate surface area is 286 Å². The Kier molecular flexibility index (Phi) is 12.6. The van der Waals surface area contributed by atoms with Crippen LogP contribution >= 0.6 is 0 Å². The van der Waals surface area contributed by atoms with Crippen LogP contribution in [0.5, 0.6) is 0 Å². The van der Waals surface area contributed by atoms with Crippen molar-refractivity contribution in [3.05, 3.63) is 35.9 Å². The molecule has 3 fully saturated rings. The van der Waals surface area contributed by atoms with Crippen molar-refractivity contribution in [1.29, 1.82) is 0 Å². The first-order chi connectivity index (χ1) is 23.0. The molecule has 3 N–H and O–H groups in total. The highest BCUT2D eigenvalue weighted by atomic mass is 19.4. The van der Waals surface area contributed by atoms with E-state index < -0.39 is 59.6 Å². The number of alkyl halides is 3. The number of hydrogen-bond donors (Lipinski definition) is 3. The van der Waals surface area contributed by atoms with Gasteiger partial charge in [-0.15, -0.1) is 0 Å². The Morgan fingerprint density at radius 2 is 1.65 bits per heavy atom. The van der Waals surface area contributed by atoms with Gasteiger partial charge >= 0.3 is 12.3 Å². The number of fused-ring (bicyclic) bond motifs is 1. The van der Waals surface area contributed by atoms with Crippen LogP contribution in [0.15, 0.2) is 30.3 Å². The van der Waals surface area contributed by atoms with Gasteiger partial charge in [0.1, 0.15) is 18.1 Å². The summed E-state index contributed by atoms with van der Waals surface area (Å²) >= 11 is 0. The molecule has 4 rings (SSSR count). The predicted octanol–water partition coefficient (Wildman–Crippen LogP) is 4.58. The molecule has 0 radical (unpaired) electrons. The summed E-state index contributed by atoms with van der Waals surface area (Å²) in [5, 5.41) is 15.0. The molecule has 6 atom stereocenters. The number of nitrogens with one attached hydrogen (secondary N) is 2. The number of nitrogens with zero attached hydrogens (tertiary/aromatic N) is 3. The minimum atomic E-state index is -4.80. The molecule has 0 spiro atoms. The first kappa shape index (κ1) is 38.4. The van der Waals surface area contributed by atoms with E-state index in [4.69, 9.17) is 4.74 Å². The average molecular weight is 696 g/mol. The van der Waals surface area contributed by atoms with Crippen LogP contribution in [0.4, 0.5) is 18.0 Å². The zero-order valence-corrected chi connectivity index (χ0v) is 29.2. The molecule has 1 aromatic carbocycles.